The maximum Gasteiger partial charge on any atom is 0.155 e. The Hall–Kier alpha value is -4.04. The number of aromatic nitrogens is 4. The summed E-state index contributed by atoms with van der Waals surface area (Å²) in [6, 6.07) is 3.92. The highest BCUT2D eigenvalue weighted by molar-refractivity contribution is 7.08. The molecule has 4 aromatic heterocycles. The molecule has 0 bridgehead atoms. The molecule has 0 aliphatic heterocycles. The van der Waals surface area contributed by atoms with Crippen molar-refractivity contribution in [3.8, 4) is 11.3 Å². The topological polar surface area (TPSA) is 78.5 Å². The molecular weight excluding hydrogens is 507 g/mol. The minimum absolute atomic E-state index is 0.249. The molecule has 39 heavy (non-hydrogen) atoms. The summed E-state index contributed by atoms with van der Waals surface area (Å²) in [5, 5.41) is 10.5. The largest absolute Gasteiger partial charge is 0.387 e. The van der Waals surface area contributed by atoms with E-state index in [0.29, 0.717) is 22.6 Å². The van der Waals surface area contributed by atoms with Crippen LogP contribution in [0.3, 0.4) is 0 Å². The van der Waals surface area contributed by atoms with E-state index in [0.717, 1.165) is 46.5 Å². The minimum atomic E-state index is -0.831. The summed E-state index contributed by atoms with van der Waals surface area (Å²) in [6.07, 6.45) is 10.6. The molecule has 0 unspecified atom stereocenters. The van der Waals surface area contributed by atoms with Crippen molar-refractivity contribution in [2.75, 3.05) is 12.4 Å². The molecule has 0 atom stereocenters. The van der Waals surface area contributed by atoms with E-state index in [4.69, 9.17) is 4.98 Å². The Morgan fingerprint density at radius 3 is 2.69 bits per heavy atom. The zero-order valence-electron chi connectivity index (χ0n) is 23.2. The van der Waals surface area contributed by atoms with Gasteiger partial charge in [0, 0.05) is 46.7 Å². The number of pyridine rings is 2. The number of allylic oxidation sites excluding steroid dienone is 5. The lowest BCUT2D eigenvalue weighted by Crippen LogP contribution is -2.25. The van der Waals surface area contributed by atoms with Crippen LogP contribution in [-0.2, 0) is 5.41 Å². The SMILES string of the molecule is C=C/C(=C\C(=C/C)c1ncc(NC)c(C(C)(C)c2nc3c(-c4ccsc4)nccc3[nH]2)c1F)NC(=C)CCC. The first-order valence-corrected chi connectivity index (χ1v) is 13.9. The zero-order valence-corrected chi connectivity index (χ0v) is 24.0. The van der Waals surface area contributed by atoms with Crippen LogP contribution >= 0.6 is 11.3 Å². The Bertz CT molecular complexity index is 1560. The maximum atomic E-state index is 16.5. The number of imidazole rings is 1. The van der Waals surface area contributed by atoms with E-state index in [-0.39, 0.29) is 5.69 Å². The van der Waals surface area contributed by atoms with Gasteiger partial charge in [-0.25, -0.2) is 9.37 Å². The lowest BCUT2D eigenvalue weighted by Gasteiger charge is -2.27. The van der Waals surface area contributed by atoms with Crippen LogP contribution in [0.25, 0.3) is 27.9 Å². The third-order valence-corrected chi connectivity index (χ3v) is 7.37. The highest BCUT2D eigenvalue weighted by Crippen LogP contribution is 2.40. The van der Waals surface area contributed by atoms with E-state index in [1.165, 1.54) is 0 Å². The average molecular weight is 543 g/mol. The number of H-pyrrole nitrogens is 1. The van der Waals surface area contributed by atoms with E-state index in [9.17, 15) is 0 Å². The van der Waals surface area contributed by atoms with E-state index in [2.05, 4.69) is 45.7 Å². The number of nitrogens with zero attached hydrogens (tertiary/aromatic N) is 3. The fraction of sp³-hybridized carbons (Fsp3) is 0.258. The van der Waals surface area contributed by atoms with Crippen molar-refractivity contribution in [2.24, 2.45) is 0 Å². The van der Waals surface area contributed by atoms with Crippen molar-refractivity contribution >= 4 is 33.6 Å². The van der Waals surface area contributed by atoms with Gasteiger partial charge in [0.2, 0.25) is 0 Å². The van der Waals surface area contributed by atoms with Gasteiger partial charge in [0.1, 0.15) is 17.0 Å². The standard InChI is InChI=1S/C31H35FN6S/c1-8-11-19(4)36-22(10-3)16-20(9-2)27-26(32)25(24(33-7)17-35-27)31(5,6)30-37-23-12-14-34-28(29(23)38-30)21-13-15-39-18-21/h9-10,12-18,33,36H,3-4,8,11H2,1-2,5-7H3,(H,37,38)/b20-9+,22-16+. The molecule has 0 saturated heterocycles. The Morgan fingerprint density at radius 2 is 2.05 bits per heavy atom. The van der Waals surface area contributed by atoms with Gasteiger partial charge in [-0.1, -0.05) is 32.6 Å². The number of thiophene rings is 1. The lowest BCUT2D eigenvalue weighted by atomic mass is 9.82. The smallest absolute Gasteiger partial charge is 0.155 e. The zero-order chi connectivity index (χ0) is 28.2. The molecule has 0 fully saturated rings. The molecule has 8 heteroatoms. The maximum absolute atomic E-state index is 16.5. The fourth-order valence-electron chi connectivity index (χ4n) is 4.62. The van der Waals surface area contributed by atoms with Crippen LogP contribution in [0.15, 0.2) is 78.1 Å². The number of hydrogen-bond acceptors (Lipinski definition) is 6. The molecule has 0 radical (unpaired) electrons. The number of halogens is 1. The third-order valence-electron chi connectivity index (χ3n) is 6.69. The number of nitrogens with one attached hydrogen (secondary N) is 3. The normalized spacial score (nSPS) is 12.6. The molecule has 202 valence electrons. The van der Waals surface area contributed by atoms with Crippen molar-refractivity contribution in [1.82, 2.24) is 25.3 Å². The summed E-state index contributed by atoms with van der Waals surface area (Å²) < 4.78 is 16.5. The molecule has 0 aromatic carbocycles. The third kappa shape index (κ3) is 5.56. The predicted molar refractivity (Wildman–Crippen MR) is 162 cm³/mol. The first kappa shape index (κ1) is 28.0. The lowest BCUT2D eigenvalue weighted by molar-refractivity contribution is 0.527. The molecule has 0 amide bonds. The molecule has 0 aliphatic rings. The summed E-state index contributed by atoms with van der Waals surface area (Å²) in [7, 11) is 1.77. The highest BCUT2D eigenvalue weighted by Gasteiger charge is 2.34. The molecular formula is C31H35FN6S. The van der Waals surface area contributed by atoms with Crippen LogP contribution in [0.1, 0.15) is 57.6 Å². The van der Waals surface area contributed by atoms with E-state index < -0.39 is 11.2 Å². The van der Waals surface area contributed by atoms with Crippen LogP contribution in [0.2, 0.25) is 0 Å². The molecule has 0 spiro atoms. The number of fused-ring (bicyclic) bond motifs is 1. The molecule has 6 nitrogen and oxygen atoms in total. The van der Waals surface area contributed by atoms with E-state index in [1.54, 1.807) is 36.9 Å². The minimum Gasteiger partial charge on any atom is -0.387 e. The summed E-state index contributed by atoms with van der Waals surface area (Å²) in [4.78, 5) is 17.5. The Morgan fingerprint density at radius 1 is 1.26 bits per heavy atom. The molecule has 0 saturated carbocycles. The fourth-order valence-corrected chi connectivity index (χ4v) is 5.26. The Kier molecular flexibility index (Phi) is 8.45. The van der Waals surface area contributed by atoms with Gasteiger partial charge in [0.05, 0.1) is 28.5 Å². The van der Waals surface area contributed by atoms with Crippen LogP contribution in [0.4, 0.5) is 10.1 Å². The summed E-state index contributed by atoms with van der Waals surface area (Å²) in [5.41, 5.74) is 6.12. The number of rotatable bonds is 11. The van der Waals surface area contributed by atoms with Crippen molar-refractivity contribution in [3.63, 3.8) is 0 Å². The number of hydrogen-bond donors (Lipinski definition) is 3. The average Bonchev–Trinajstić information content (AvgIpc) is 3.62. The van der Waals surface area contributed by atoms with Crippen LogP contribution in [0.5, 0.6) is 0 Å². The monoisotopic (exact) mass is 542 g/mol. The number of aromatic amines is 1. The van der Waals surface area contributed by atoms with Gasteiger partial charge in [0.25, 0.3) is 0 Å². The highest BCUT2D eigenvalue weighted by atomic mass is 32.1. The summed E-state index contributed by atoms with van der Waals surface area (Å²) in [5.74, 6) is 0.222. The summed E-state index contributed by atoms with van der Waals surface area (Å²) >= 11 is 1.61. The predicted octanol–water partition coefficient (Wildman–Crippen LogP) is 7.96. The van der Waals surface area contributed by atoms with E-state index in [1.807, 2.05) is 55.8 Å². The van der Waals surface area contributed by atoms with Gasteiger partial charge in [-0.3, -0.25) is 9.97 Å². The van der Waals surface area contributed by atoms with Crippen molar-refractivity contribution < 1.29 is 4.39 Å². The Balaban J connectivity index is 1.82. The van der Waals surface area contributed by atoms with Gasteiger partial charge in [0.15, 0.2) is 5.82 Å². The second kappa shape index (κ2) is 11.8. The van der Waals surface area contributed by atoms with Gasteiger partial charge in [-0.05, 0) is 56.9 Å². The van der Waals surface area contributed by atoms with Gasteiger partial charge in [-0.2, -0.15) is 11.3 Å². The first-order chi connectivity index (χ1) is 18.7. The van der Waals surface area contributed by atoms with Crippen molar-refractivity contribution in [2.45, 2.75) is 46.0 Å². The summed E-state index contributed by atoms with van der Waals surface area (Å²) in [6.45, 7) is 15.9. The van der Waals surface area contributed by atoms with Gasteiger partial charge in [-0.15, -0.1) is 0 Å². The molecule has 4 aromatic rings. The van der Waals surface area contributed by atoms with Gasteiger partial charge < -0.3 is 15.6 Å². The van der Waals surface area contributed by atoms with Crippen molar-refractivity contribution in [3.05, 3.63) is 101 Å². The van der Waals surface area contributed by atoms with Crippen LogP contribution < -0.4 is 10.6 Å². The molecule has 3 N–H and O–H groups in total. The quantitative estimate of drug-likeness (QED) is 0.168. The first-order valence-electron chi connectivity index (χ1n) is 12.9. The second-order valence-corrected chi connectivity index (χ2v) is 10.5. The second-order valence-electron chi connectivity index (χ2n) is 9.76. The van der Waals surface area contributed by atoms with Gasteiger partial charge >= 0.3 is 0 Å². The molecule has 0 aliphatic carbocycles. The number of anilines is 1. The van der Waals surface area contributed by atoms with Crippen LogP contribution in [-0.4, -0.2) is 27.0 Å². The van der Waals surface area contributed by atoms with Crippen molar-refractivity contribution in [1.29, 1.82) is 0 Å². The molecule has 4 rings (SSSR count). The Labute approximate surface area is 233 Å². The van der Waals surface area contributed by atoms with Crippen LogP contribution in [0, 0.1) is 5.82 Å². The molecule has 4 heterocycles. The van der Waals surface area contributed by atoms with E-state index >= 15 is 4.39 Å².